The molecule has 6 nitrogen and oxygen atoms in total. The number of carbonyl (C=O) groups is 1. The molecule has 1 aromatic heterocycles. The van der Waals surface area contributed by atoms with E-state index in [1.165, 1.54) is 11.5 Å². The third kappa shape index (κ3) is 3.85. The molecule has 0 aromatic carbocycles. The molecule has 21 heavy (non-hydrogen) atoms. The van der Waals surface area contributed by atoms with Crippen molar-refractivity contribution >= 4 is 28.3 Å². The maximum absolute atomic E-state index is 12.3. The summed E-state index contributed by atoms with van der Waals surface area (Å²) in [7, 11) is 0. The van der Waals surface area contributed by atoms with Gasteiger partial charge in [0, 0.05) is 25.7 Å². The molecule has 0 aliphatic carbocycles. The molecular formula is C14H24N4O2S. The summed E-state index contributed by atoms with van der Waals surface area (Å²) >= 11 is 1.29. The predicted molar refractivity (Wildman–Crippen MR) is 86.0 cm³/mol. The van der Waals surface area contributed by atoms with Gasteiger partial charge >= 0.3 is 0 Å². The van der Waals surface area contributed by atoms with Gasteiger partial charge in [-0.25, -0.2) is 0 Å². The Hall–Kier alpha value is -1.34. The van der Waals surface area contributed by atoms with Crippen molar-refractivity contribution in [1.82, 2.24) is 9.69 Å². The van der Waals surface area contributed by atoms with Crippen LogP contribution >= 0.6 is 11.5 Å². The average Bonchev–Trinajstić information content (AvgIpc) is 2.80. The second-order valence-electron chi connectivity index (χ2n) is 5.54. The molecule has 0 spiro atoms. The standard InChI is InChI=1S/C14H24N4O2S/c1-4-20-10-6-5-7-18(8-10)14-11(12(15)17-21-14)13(19)16-9(2)3/h9-10H,4-8H2,1-3H3,(H2,15,17)(H,16,19). The lowest BCUT2D eigenvalue weighted by Crippen LogP contribution is -2.40. The van der Waals surface area contributed by atoms with Crippen molar-refractivity contribution in [3.05, 3.63) is 5.56 Å². The zero-order chi connectivity index (χ0) is 15.4. The summed E-state index contributed by atoms with van der Waals surface area (Å²) in [5, 5.41) is 3.75. The number of nitrogen functional groups attached to an aromatic ring is 1. The molecule has 1 amide bonds. The Morgan fingerprint density at radius 3 is 3.05 bits per heavy atom. The molecule has 1 fully saturated rings. The van der Waals surface area contributed by atoms with Crippen LogP contribution in [0.1, 0.15) is 44.0 Å². The molecule has 2 rings (SSSR count). The summed E-state index contributed by atoms with van der Waals surface area (Å²) in [6.07, 6.45) is 2.33. The minimum atomic E-state index is -0.148. The number of nitrogens with two attached hydrogens (primary N) is 1. The van der Waals surface area contributed by atoms with Crippen molar-refractivity contribution in [3.8, 4) is 0 Å². The van der Waals surface area contributed by atoms with Gasteiger partial charge in [-0.05, 0) is 45.1 Å². The number of carbonyl (C=O) groups excluding carboxylic acids is 1. The molecular weight excluding hydrogens is 288 g/mol. The van der Waals surface area contributed by atoms with Gasteiger partial charge in [-0.2, -0.15) is 4.37 Å². The number of amides is 1. The Bertz CT molecular complexity index is 487. The van der Waals surface area contributed by atoms with E-state index in [4.69, 9.17) is 10.5 Å². The van der Waals surface area contributed by atoms with Crippen molar-refractivity contribution in [1.29, 1.82) is 0 Å². The third-order valence-corrected chi connectivity index (χ3v) is 4.34. The third-order valence-electron chi connectivity index (χ3n) is 3.42. The number of aromatic nitrogens is 1. The number of hydrogen-bond acceptors (Lipinski definition) is 6. The maximum atomic E-state index is 12.3. The zero-order valence-corrected chi connectivity index (χ0v) is 13.7. The largest absolute Gasteiger partial charge is 0.382 e. The van der Waals surface area contributed by atoms with Crippen molar-refractivity contribution in [2.24, 2.45) is 0 Å². The van der Waals surface area contributed by atoms with Crippen LogP contribution < -0.4 is 16.0 Å². The first-order chi connectivity index (χ1) is 10.0. The van der Waals surface area contributed by atoms with Crippen LogP contribution in [-0.4, -0.2) is 42.1 Å². The summed E-state index contributed by atoms with van der Waals surface area (Å²) < 4.78 is 9.88. The first kappa shape index (κ1) is 16.0. The van der Waals surface area contributed by atoms with Crippen molar-refractivity contribution in [2.45, 2.75) is 45.8 Å². The van der Waals surface area contributed by atoms with Crippen LogP contribution in [0.5, 0.6) is 0 Å². The fourth-order valence-corrected chi connectivity index (χ4v) is 3.40. The van der Waals surface area contributed by atoms with Crippen molar-refractivity contribution in [2.75, 3.05) is 30.3 Å². The van der Waals surface area contributed by atoms with E-state index < -0.39 is 0 Å². The first-order valence-electron chi connectivity index (χ1n) is 7.45. The number of ether oxygens (including phenoxy) is 1. The second kappa shape index (κ2) is 7.09. The lowest BCUT2D eigenvalue weighted by atomic mass is 10.1. The highest BCUT2D eigenvalue weighted by molar-refractivity contribution is 7.11. The molecule has 3 N–H and O–H groups in total. The Kier molecular flexibility index (Phi) is 5.41. The van der Waals surface area contributed by atoms with Crippen LogP contribution in [0.2, 0.25) is 0 Å². The van der Waals surface area contributed by atoms with Gasteiger partial charge in [-0.3, -0.25) is 4.79 Å². The van der Waals surface area contributed by atoms with Gasteiger partial charge in [0.1, 0.15) is 10.6 Å². The number of rotatable bonds is 5. The Balaban J connectivity index is 2.18. The molecule has 2 heterocycles. The summed E-state index contributed by atoms with van der Waals surface area (Å²) in [5.41, 5.74) is 6.40. The van der Waals surface area contributed by atoms with E-state index in [1.54, 1.807) is 0 Å². The molecule has 1 atom stereocenters. The van der Waals surface area contributed by atoms with Gasteiger partial charge in [0.2, 0.25) is 0 Å². The van der Waals surface area contributed by atoms with E-state index in [1.807, 2.05) is 20.8 Å². The van der Waals surface area contributed by atoms with Gasteiger partial charge in [0.05, 0.1) is 6.10 Å². The van der Waals surface area contributed by atoms with E-state index in [0.717, 1.165) is 30.9 Å². The Morgan fingerprint density at radius 1 is 1.62 bits per heavy atom. The monoisotopic (exact) mass is 312 g/mol. The second-order valence-corrected chi connectivity index (χ2v) is 6.29. The van der Waals surface area contributed by atoms with Crippen LogP contribution in [0, 0.1) is 0 Å². The smallest absolute Gasteiger partial charge is 0.258 e. The van der Waals surface area contributed by atoms with Crippen LogP contribution in [0.25, 0.3) is 0 Å². The SMILES string of the molecule is CCOC1CCCN(c2snc(N)c2C(=O)NC(C)C)C1. The zero-order valence-electron chi connectivity index (χ0n) is 12.9. The number of anilines is 2. The number of piperidine rings is 1. The molecule has 0 radical (unpaired) electrons. The first-order valence-corrected chi connectivity index (χ1v) is 8.22. The van der Waals surface area contributed by atoms with Crippen molar-refractivity contribution < 1.29 is 9.53 Å². The quantitative estimate of drug-likeness (QED) is 0.867. The molecule has 0 saturated carbocycles. The van der Waals surface area contributed by atoms with E-state index in [0.29, 0.717) is 18.0 Å². The van der Waals surface area contributed by atoms with Crippen LogP contribution in [0.15, 0.2) is 0 Å². The molecule has 7 heteroatoms. The number of hydrogen-bond donors (Lipinski definition) is 2. The van der Waals surface area contributed by atoms with Gasteiger partial charge in [-0.15, -0.1) is 0 Å². The van der Waals surface area contributed by atoms with Crippen molar-refractivity contribution in [3.63, 3.8) is 0 Å². The Labute approximate surface area is 129 Å². The molecule has 1 aromatic rings. The lowest BCUT2D eigenvalue weighted by molar-refractivity contribution is 0.0527. The highest BCUT2D eigenvalue weighted by atomic mass is 32.1. The van der Waals surface area contributed by atoms with Gasteiger partial charge in [0.25, 0.3) is 5.91 Å². The number of nitrogens with one attached hydrogen (secondary N) is 1. The summed E-state index contributed by atoms with van der Waals surface area (Å²) in [4.78, 5) is 14.5. The molecule has 1 aliphatic rings. The lowest BCUT2D eigenvalue weighted by Gasteiger charge is -2.33. The van der Waals surface area contributed by atoms with Gasteiger partial charge < -0.3 is 20.7 Å². The van der Waals surface area contributed by atoms with E-state index >= 15 is 0 Å². The van der Waals surface area contributed by atoms with Crippen LogP contribution in [0.3, 0.4) is 0 Å². The normalized spacial score (nSPS) is 19.0. The summed E-state index contributed by atoms with van der Waals surface area (Å²) in [6.45, 7) is 8.28. The topological polar surface area (TPSA) is 80.5 Å². The minimum Gasteiger partial charge on any atom is -0.382 e. The highest BCUT2D eigenvalue weighted by Gasteiger charge is 2.28. The van der Waals surface area contributed by atoms with Crippen LogP contribution in [-0.2, 0) is 4.74 Å². The van der Waals surface area contributed by atoms with Crippen LogP contribution in [0.4, 0.5) is 10.8 Å². The van der Waals surface area contributed by atoms with E-state index in [-0.39, 0.29) is 18.1 Å². The van der Waals surface area contributed by atoms with Gasteiger partial charge in [-0.1, -0.05) is 0 Å². The maximum Gasteiger partial charge on any atom is 0.258 e. The Morgan fingerprint density at radius 2 is 2.38 bits per heavy atom. The fourth-order valence-electron chi connectivity index (χ4n) is 2.55. The number of nitrogens with zero attached hydrogens (tertiary/aromatic N) is 2. The fraction of sp³-hybridized carbons (Fsp3) is 0.714. The molecule has 1 saturated heterocycles. The summed E-state index contributed by atoms with van der Waals surface area (Å²) in [5.74, 6) is 0.163. The van der Waals surface area contributed by atoms with E-state index in [2.05, 4.69) is 14.6 Å². The van der Waals surface area contributed by atoms with E-state index in [9.17, 15) is 4.79 Å². The van der Waals surface area contributed by atoms with Gasteiger partial charge in [0.15, 0.2) is 5.82 Å². The molecule has 118 valence electrons. The molecule has 0 bridgehead atoms. The molecule has 1 aliphatic heterocycles. The summed E-state index contributed by atoms with van der Waals surface area (Å²) in [6, 6.07) is 0.0715. The molecule has 1 unspecified atom stereocenters. The minimum absolute atomic E-state index is 0.0715. The predicted octanol–water partition coefficient (Wildman–Crippen LogP) is 1.87. The highest BCUT2D eigenvalue weighted by Crippen LogP contribution is 2.33. The average molecular weight is 312 g/mol.